The van der Waals surface area contributed by atoms with Crippen LogP contribution in [0.25, 0.3) is 0 Å². The fourth-order valence-corrected chi connectivity index (χ4v) is 2.93. The van der Waals surface area contributed by atoms with Gasteiger partial charge < -0.3 is 20.5 Å². The molecule has 0 radical (unpaired) electrons. The number of rotatable bonds is 12. The molecule has 0 aromatic heterocycles. The van der Waals surface area contributed by atoms with Crippen LogP contribution in [-0.4, -0.2) is 40.5 Å². The number of carboxylic acids is 1. The Morgan fingerprint density at radius 2 is 1.85 bits per heavy atom. The smallest absolute Gasteiger partial charge is 0.407 e. The molecule has 0 heterocycles. The first-order valence-electron chi connectivity index (χ1n) is 9.05. The summed E-state index contributed by atoms with van der Waals surface area (Å²) >= 11 is 3.26. The summed E-state index contributed by atoms with van der Waals surface area (Å²) in [4.78, 5) is 34.4. The van der Waals surface area contributed by atoms with Gasteiger partial charge in [-0.1, -0.05) is 59.6 Å². The molecule has 0 bridgehead atoms. The lowest BCUT2D eigenvalue weighted by Gasteiger charge is -2.17. The monoisotopic (exact) mass is 442 g/mol. The van der Waals surface area contributed by atoms with Gasteiger partial charge in [0.25, 0.3) is 0 Å². The lowest BCUT2D eigenvalue weighted by Crippen LogP contribution is -2.44. The highest BCUT2D eigenvalue weighted by atomic mass is 79.9. The average molecular weight is 443 g/mol. The third-order valence-corrected chi connectivity index (χ3v) is 4.72. The third kappa shape index (κ3) is 9.98. The molecule has 0 aliphatic heterocycles. The van der Waals surface area contributed by atoms with E-state index in [1.165, 1.54) is 0 Å². The van der Waals surface area contributed by atoms with Crippen LogP contribution in [0.15, 0.2) is 30.3 Å². The molecule has 2 atom stereocenters. The van der Waals surface area contributed by atoms with Crippen LogP contribution in [0.3, 0.4) is 0 Å². The summed E-state index contributed by atoms with van der Waals surface area (Å²) in [6.07, 6.45) is 2.40. The predicted molar refractivity (Wildman–Crippen MR) is 106 cm³/mol. The molecular formula is C19H27BrN2O5. The first-order valence-corrected chi connectivity index (χ1v) is 9.97. The summed E-state index contributed by atoms with van der Waals surface area (Å²) < 4.78 is 5.09. The molecule has 0 aliphatic carbocycles. The zero-order chi connectivity index (χ0) is 20.1. The first kappa shape index (κ1) is 23.0. The molecule has 7 nitrogen and oxygen atoms in total. The number of hydrogen-bond acceptors (Lipinski definition) is 4. The first-order chi connectivity index (χ1) is 12.9. The van der Waals surface area contributed by atoms with Gasteiger partial charge in [0.05, 0.1) is 4.83 Å². The number of ether oxygens (including phenoxy) is 1. The van der Waals surface area contributed by atoms with Gasteiger partial charge in [-0.25, -0.2) is 9.59 Å². The van der Waals surface area contributed by atoms with E-state index < -0.39 is 18.1 Å². The molecule has 8 heteroatoms. The Balaban J connectivity index is 2.21. The Labute approximate surface area is 168 Å². The van der Waals surface area contributed by atoms with Crippen molar-refractivity contribution < 1.29 is 24.2 Å². The van der Waals surface area contributed by atoms with E-state index in [9.17, 15) is 19.5 Å². The standard InChI is InChI=1S/C19H27BrN2O5/c1-2-8-15(20)17(23)22-16(18(24)25)11-6-7-12-21-19(26)27-13-14-9-4-3-5-10-14/h3-5,9-10,15-16H,2,6-8,11-13H2,1H3,(H,21,26)(H,22,23)(H,24,25)/t15-,16+/m0/s1. The van der Waals surface area contributed by atoms with Gasteiger partial charge in [0, 0.05) is 6.54 Å². The summed E-state index contributed by atoms with van der Waals surface area (Å²) in [7, 11) is 0. The van der Waals surface area contributed by atoms with E-state index in [4.69, 9.17) is 4.74 Å². The van der Waals surface area contributed by atoms with Gasteiger partial charge in [-0.05, 0) is 31.2 Å². The number of unbranched alkanes of at least 4 members (excludes halogenated alkanes) is 1. The van der Waals surface area contributed by atoms with Crippen LogP contribution < -0.4 is 10.6 Å². The zero-order valence-corrected chi connectivity index (χ0v) is 17.0. The highest BCUT2D eigenvalue weighted by Gasteiger charge is 2.22. The number of hydrogen-bond donors (Lipinski definition) is 3. The molecule has 1 rings (SSSR count). The Bertz CT molecular complexity index is 597. The predicted octanol–water partition coefficient (Wildman–Crippen LogP) is 3.22. The van der Waals surface area contributed by atoms with Crippen LogP contribution in [0.1, 0.15) is 44.6 Å². The van der Waals surface area contributed by atoms with Crippen molar-refractivity contribution in [3.63, 3.8) is 0 Å². The highest BCUT2D eigenvalue weighted by Crippen LogP contribution is 2.09. The number of amides is 2. The van der Waals surface area contributed by atoms with Crippen molar-refractivity contribution in [2.24, 2.45) is 0 Å². The van der Waals surface area contributed by atoms with Crippen molar-refractivity contribution in [2.45, 2.75) is 56.5 Å². The lowest BCUT2D eigenvalue weighted by atomic mass is 10.1. The number of benzene rings is 1. The summed E-state index contributed by atoms with van der Waals surface area (Å²) in [6.45, 7) is 2.53. The van der Waals surface area contributed by atoms with Gasteiger partial charge in [-0.2, -0.15) is 0 Å². The van der Waals surface area contributed by atoms with Crippen molar-refractivity contribution in [3.05, 3.63) is 35.9 Å². The van der Waals surface area contributed by atoms with Crippen LogP contribution in [-0.2, 0) is 20.9 Å². The second-order valence-electron chi connectivity index (χ2n) is 6.14. The molecule has 0 saturated heterocycles. The van der Waals surface area contributed by atoms with Crippen molar-refractivity contribution in [1.29, 1.82) is 0 Å². The van der Waals surface area contributed by atoms with Crippen molar-refractivity contribution in [2.75, 3.05) is 6.54 Å². The number of carboxylic acid groups (broad SMARTS) is 1. The molecule has 2 amide bonds. The van der Waals surface area contributed by atoms with E-state index in [-0.39, 0.29) is 17.3 Å². The van der Waals surface area contributed by atoms with Gasteiger partial charge in [-0.15, -0.1) is 0 Å². The molecule has 0 unspecified atom stereocenters. The van der Waals surface area contributed by atoms with Crippen LogP contribution in [0.2, 0.25) is 0 Å². The fourth-order valence-electron chi connectivity index (χ4n) is 2.34. The molecular weight excluding hydrogens is 416 g/mol. The Kier molecular flexibility index (Phi) is 11.2. The Morgan fingerprint density at radius 1 is 1.15 bits per heavy atom. The van der Waals surface area contributed by atoms with Crippen LogP contribution in [0.5, 0.6) is 0 Å². The van der Waals surface area contributed by atoms with Crippen LogP contribution in [0, 0.1) is 0 Å². The molecule has 27 heavy (non-hydrogen) atoms. The molecule has 150 valence electrons. The number of halogens is 1. The van der Waals surface area contributed by atoms with E-state index in [1.54, 1.807) is 0 Å². The maximum absolute atomic E-state index is 11.9. The van der Waals surface area contributed by atoms with Crippen LogP contribution in [0.4, 0.5) is 4.79 Å². The van der Waals surface area contributed by atoms with E-state index in [1.807, 2.05) is 37.3 Å². The normalized spacial score (nSPS) is 12.7. The largest absolute Gasteiger partial charge is 0.480 e. The number of nitrogens with one attached hydrogen (secondary N) is 2. The molecule has 1 aromatic rings. The minimum absolute atomic E-state index is 0.200. The number of carbonyl (C=O) groups is 3. The van der Waals surface area contributed by atoms with E-state index in [2.05, 4.69) is 26.6 Å². The molecule has 0 spiro atoms. The second kappa shape index (κ2) is 13.1. The fraction of sp³-hybridized carbons (Fsp3) is 0.526. The average Bonchev–Trinajstić information content (AvgIpc) is 2.65. The summed E-state index contributed by atoms with van der Waals surface area (Å²) in [6, 6.07) is 8.43. The molecule has 1 aromatic carbocycles. The van der Waals surface area contributed by atoms with Gasteiger partial charge in [0.1, 0.15) is 12.6 Å². The minimum atomic E-state index is -1.06. The van der Waals surface area contributed by atoms with Crippen LogP contribution >= 0.6 is 15.9 Å². The van der Waals surface area contributed by atoms with Gasteiger partial charge in [0.2, 0.25) is 5.91 Å². The summed E-state index contributed by atoms with van der Waals surface area (Å²) in [5.41, 5.74) is 0.904. The lowest BCUT2D eigenvalue weighted by molar-refractivity contribution is -0.142. The van der Waals surface area contributed by atoms with Crippen molar-refractivity contribution >= 4 is 33.9 Å². The van der Waals surface area contributed by atoms with Crippen molar-refractivity contribution in [1.82, 2.24) is 10.6 Å². The number of aliphatic carboxylic acids is 1. The van der Waals surface area contributed by atoms with Gasteiger partial charge in [-0.3, -0.25) is 4.79 Å². The van der Waals surface area contributed by atoms with E-state index in [0.717, 1.165) is 12.0 Å². The number of carbonyl (C=O) groups excluding carboxylic acids is 2. The minimum Gasteiger partial charge on any atom is -0.480 e. The Hall–Kier alpha value is -2.09. The van der Waals surface area contributed by atoms with Gasteiger partial charge >= 0.3 is 12.1 Å². The Morgan fingerprint density at radius 3 is 2.48 bits per heavy atom. The quantitative estimate of drug-likeness (QED) is 0.340. The topological polar surface area (TPSA) is 105 Å². The van der Waals surface area contributed by atoms with Gasteiger partial charge in [0.15, 0.2) is 0 Å². The summed E-state index contributed by atoms with van der Waals surface area (Å²) in [5.74, 6) is -1.37. The second-order valence-corrected chi connectivity index (χ2v) is 7.25. The van der Waals surface area contributed by atoms with E-state index >= 15 is 0 Å². The number of alkyl carbamates (subject to hydrolysis) is 1. The molecule has 0 fully saturated rings. The number of alkyl halides is 1. The zero-order valence-electron chi connectivity index (χ0n) is 15.4. The molecule has 0 aliphatic rings. The molecule has 3 N–H and O–H groups in total. The third-order valence-electron chi connectivity index (χ3n) is 3.84. The summed E-state index contributed by atoms with van der Waals surface area (Å²) in [5, 5.41) is 14.4. The maximum atomic E-state index is 11.9. The SMILES string of the molecule is CCC[C@H](Br)C(=O)N[C@H](CCCCNC(=O)OCc1ccccc1)C(=O)O. The highest BCUT2D eigenvalue weighted by molar-refractivity contribution is 9.10. The van der Waals surface area contributed by atoms with E-state index in [0.29, 0.717) is 32.2 Å². The maximum Gasteiger partial charge on any atom is 0.407 e. The van der Waals surface area contributed by atoms with Crippen molar-refractivity contribution in [3.8, 4) is 0 Å². The molecule has 0 saturated carbocycles.